The quantitative estimate of drug-likeness (QED) is 0.328. The summed E-state index contributed by atoms with van der Waals surface area (Å²) in [5.41, 5.74) is 4.10. The summed E-state index contributed by atoms with van der Waals surface area (Å²) < 4.78 is 1.44. The number of rotatable bonds is 4. The lowest BCUT2D eigenvalue weighted by Crippen LogP contribution is -2.75. The van der Waals surface area contributed by atoms with E-state index < -0.39 is 5.92 Å². The van der Waals surface area contributed by atoms with Crippen molar-refractivity contribution in [2.75, 3.05) is 5.32 Å². The van der Waals surface area contributed by atoms with Crippen LogP contribution in [0.4, 0.5) is 11.6 Å². The van der Waals surface area contributed by atoms with Crippen LogP contribution in [0.15, 0.2) is 97.2 Å². The number of carbonyl (C=O) groups is 1. The molecular weight excluding hydrogens is 440 g/mol. The lowest BCUT2D eigenvalue weighted by molar-refractivity contribution is -0.364. The Morgan fingerprint density at radius 2 is 1.57 bits per heavy atom. The number of benzene rings is 3. The van der Waals surface area contributed by atoms with Crippen molar-refractivity contribution < 1.29 is 14.9 Å². The van der Waals surface area contributed by atoms with Crippen LogP contribution in [0.1, 0.15) is 16.3 Å². The second-order valence-electron chi connectivity index (χ2n) is 8.21. The molecule has 1 atom stereocenters. The summed E-state index contributed by atoms with van der Waals surface area (Å²) in [7, 11) is 0. The summed E-state index contributed by atoms with van der Waals surface area (Å²) in [5.74, 6) is 1.00. The highest BCUT2D eigenvalue weighted by Crippen LogP contribution is 2.37. The minimum atomic E-state index is -0.696. The Labute approximate surface area is 200 Å². The van der Waals surface area contributed by atoms with E-state index in [4.69, 9.17) is 5.10 Å². The zero-order chi connectivity index (χ0) is 23.8. The largest absolute Gasteiger partial charge is 0.508 e. The first kappa shape index (κ1) is 20.6. The van der Waals surface area contributed by atoms with Gasteiger partial charge in [0, 0.05) is 11.6 Å². The van der Waals surface area contributed by atoms with Gasteiger partial charge in [-0.15, -0.1) is 5.10 Å². The van der Waals surface area contributed by atoms with Gasteiger partial charge >= 0.3 is 5.91 Å². The van der Waals surface area contributed by atoms with Crippen molar-refractivity contribution in [2.24, 2.45) is 0 Å². The fraction of sp³-hybridized carbons (Fsp3) is 0.0370. The molecule has 2 aromatic heterocycles. The third-order valence-corrected chi connectivity index (χ3v) is 5.99. The Kier molecular flexibility index (Phi) is 4.96. The molecule has 0 fully saturated rings. The number of aromatic amines is 1. The average Bonchev–Trinajstić information content (AvgIpc) is 3.54. The molecule has 6 rings (SSSR count). The minimum absolute atomic E-state index is 0.130. The van der Waals surface area contributed by atoms with Crippen LogP contribution in [0.3, 0.4) is 0 Å². The Morgan fingerprint density at radius 3 is 2.23 bits per heavy atom. The normalized spacial score (nSPS) is 14.9. The number of H-pyrrole nitrogens is 1. The van der Waals surface area contributed by atoms with Crippen molar-refractivity contribution in [3.05, 3.63) is 103 Å². The van der Waals surface area contributed by atoms with Gasteiger partial charge in [-0.3, -0.25) is 15.2 Å². The molecule has 1 aliphatic heterocycles. The van der Waals surface area contributed by atoms with Crippen LogP contribution in [0.2, 0.25) is 0 Å². The second kappa shape index (κ2) is 8.42. The molecule has 1 unspecified atom stereocenters. The molecule has 35 heavy (non-hydrogen) atoms. The van der Waals surface area contributed by atoms with E-state index >= 15 is 0 Å². The fourth-order valence-corrected chi connectivity index (χ4v) is 4.36. The zero-order valence-corrected chi connectivity index (χ0v) is 18.5. The number of aromatic nitrogens is 4. The number of anilines is 1. The number of nitrogens with zero attached hydrogens (tertiary/aromatic N) is 3. The maximum Gasteiger partial charge on any atom is 0.324 e. The minimum Gasteiger partial charge on any atom is -0.508 e. The third kappa shape index (κ3) is 3.67. The highest BCUT2D eigenvalue weighted by atomic mass is 16.3. The first-order valence-electron chi connectivity index (χ1n) is 11.2. The molecule has 0 bridgehead atoms. The van der Waals surface area contributed by atoms with E-state index in [-0.39, 0.29) is 11.7 Å². The van der Waals surface area contributed by atoms with E-state index in [1.165, 1.54) is 4.68 Å². The monoisotopic (exact) mass is 461 g/mol. The topological polar surface area (TPSA) is 110 Å². The number of amidine groups is 1. The molecule has 8 nitrogen and oxygen atoms in total. The molecule has 170 valence electrons. The molecule has 0 radical (unpaired) electrons. The predicted octanol–water partition coefficient (Wildman–Crippen LogP) is 3.31. The third-order valence-electron chi connectivity index (χ3n) is 5.99. The molecule has 3 aromatic carbocycles. The van der Waals surface area contributed by atoms with Crippen LogP contribution in [-0.2, 0) is 0 Å². The number of hydrogen-bond acceptors (Lipinski definition) is 5. The van der Waals surface area contributed by atoms with Gasteiger partial charge in [0.05, 0.1) is 11.8 Å². The van der Waals surface area contributed by atoms with Gasteiger partial charge in [-0.25, -0.2) is 4.99 Å². The zero-order valence-electron chi connectivity index (χ0n) is 18.5. The van der Waals surface area contributed by atoms with Crippen LogP contribution in [0.25, 0.3) is 22.4 Å². The summed E-state index contributed by atoms with van der Waals surface area (Å²) in [6, 6.07) is 28.1. The van der Waals surface area contributed by atoms with Crippen LogP contribution in [-0.4, -0.2) is 36.8 Å². The Hall–Kier alpha value is -4.98. The lowest BCUT2D eigenvalue weighted by atomic mass is 9.94. The molecular formula is C27H21N6O2+. The van der Waals surface area contributed by atoms with Gasteiger partial charge in [0.2, 0.25) is 5.84 Å². The predicted molar refractivity (Wildman–Crippen MR) is 132 cm³/mol. The number of phenols is 1. The molecule has 0 saturated carbocycles. The number of fused-ring (bicyclic) bond motifs is 1. The molecule has 0 amide bonds. The van der Waals surface area contributed by atoms with Gasteiger partial charge in [0.15, 0.2) is 11.7 Å². The van der Waals surface area contributed by atoms with E-state index in [9.17, 15) is 9.90 Å². The van der Waals surface area contributed by atoms with Crippen molar-refractivity contribution >= 4 is 23.4 Å². The van der Waals surface area contributed by atoms with Gasteiger partial charge in [-0.05, 0) is 23.3 Å². The summed E-state index contributed by atoms with van der Waals surface area (Å²) in [4.78, 5) is 17.4. The molecule has 5 aromatic rings. The summed E-state index contributed by atoms with van der Waals surface area (Å²) >= 11 is 0. The van der Waals surface area contributed by atoms with E-state index in [1.54, 1.807) is 36.5 Å². The summed E-state index contributed by atoms with van der Waals surface area (Å²) in [6.45, 7) is 0. The highest BCUT2D eigenvalue weighted by molar-refractivity contribution is 6.14. The molecule has 1 aliphatic rings. The van der Waals surface area contributed by atoms with Gasteiger partial charge in [0.25, 0.3) is 5.82 Å². The van der Waals surface area contributed by atoms with Crippen LogP contribution in [0.5, 0.6) is 5.75 Å². The Balaban J connectivity index is 1.59. The average molecular weight is 462 g/mol. The molecule has 3 heterocycles. The molecule has 4 N–H and O–H groups in total. The molecule has 0 spiro atoms. The Bertz CT molecular complexity index is 1520. The number of aromatic hydroxyl groups is 1. The number of carbonyl (C=O) groups excluding carboxylic acids is 1. The van der Waals surface area contributed by atoms with Crippen LogP contribution in [0, 0.1) is 0 Å². The van der Waals surface area contributed by atoms with Crippen molar-refractivity contribution in [2.45, 2.75) is 5.92 Å². The lowest BCUT2D eigenvalue weighted by Gasteiger charge is -2.19. The number of nitrogens with one attached hydrogen (secondary N) is 3. The number of phenolic OH excluding ortho intramolecular Hbond substituents is 1. The van der Waals surface area contributed by atoms with E-state index in [0.717, 1.165) is 16.7 Å². The Morgan fingerprint density at radius 1 is 0.886 bits per heavy atom. The van der Waals surface area contributed by atoms with Gasteiger partial charge in [-0.1, -0.05) is 77.5 Å². The first-order valence-corrected chi connectivity index (χ1v) is 11.2. The van der Waals surface area contributed by atoms with Crippen molar-refractivity contribution in [3.63, 3.8) is 0 Å². The summed E-state index contributed by atoms with van der Waals surface area (Å²) in [6.07, 6.45) is 1.64. The highest BCUT2D eigenvalue weighted by Gasteiger charge is 2.42. The second-order valence-corrected chi connectivity index (χ2v) is 8.21. The van der Waals surface area contributed by atoms with Gasteiger partial charge in [0.1, 0.15) is 11.4 Å². The van der Waals surface area contributed by atoms with Crippen LogP contribution >= 0.6 is 0 Å². The van der Waals surface area contributed by atoms with Crippen molar-refractivity contribution in [3.8, 4) is 28.1 Å². The standard InChI is InChI=1S/C27H20N6O2/c34-20-13-11-18(12-14-20)23-25(29-21-15-16-28-31-21)30-26-22(17-7-3-1-4-8-17)24(32-33(26)27(23)35)19-9-5-2-6-10-19/h1-16,23,34H,(H2,28,29,30,31)/p+1. The smallest absolute Gasteiger partial charge is 0.324 e. The molecule has 0 aliphatic carbocycles. The van der Waals surface area contributed by atoms with Crippen molar-refractivity contribution in [1.29, 1.82) is 0 Å². The van der Waals surface area contributed by atoms with Crippen LogP contribution < -0.4 is 10.3 Å². The van der Waals surface area contributed by atoms with E-state index in [0.29, 0.717) is 28.7 Å². The fourth-order valence-electron chi connectivity index (χ4n) is 4.36. The molecule has 8 heteroatoms. The van der Waals surface area contributed by atoms with Crippen molar-refractivity contribution in [1.82, 2.24) is 20.0 Å². The summed E-state index contributed by atoms with van der Waals surface area (Å²) in [5, 5.41) is 24.8. The van der Waals surface area contributed by atoms with E-state index in [2.05, 4.69) is 20.5 Å². The number of hydrogen-bond donors (Lipinski definition) is 4. The first-order chi connectivity index (χ1) is 17.2. The molecule has 0 saturated heterocycles. The van der Waals surface area contributed by atoms with E-state index in [1.807, 2.05) is 60.7 Å². The van der Waals surface area contributed by atoms with Gasteiger partial charge < -0.3 is 5.11 Å². The maximum atomic E-state index is 14.0. The SMILES string of the molecule is O=C1C(c2ccc(O)cc2)C(Nc2ccn[nH]2)=[NH+]c2c(-c3ccccc3)c(-c3ccccc3)nn21. The maximum absolute atomic E-state index is 14.0. The van der Waals surface area contributed by atoms with Gasteiger partial charge in [-0.2, -0.15) is 5.10 Å².